The molecule has 0 fully saturated rings. The Balaban J connectivity index is 0.857. The molecule has 6 aliphatic rings. The molecule has 7 heterocycles. The molecule has 0 saturated heterocycles. The third kappa shape index (κ3) is 6.12. The van der Waals surface area contributed by atoms with Crippen LogP contribution < -0.4 is 62.9 Å². The molecule has 0 radical (unpaired) electrons. The van der Waals surface area contributed by atoms with Gasteiger partial charge in [0.05, 0.1) is 0 Å². The third-order valence-corrected chi connectivity index (χ3v) is 21.5. The van der Waals surface area contributed by atoms with Gasteiger partial charge in [-0.05, 0) is 71.0 Å². The Labute approximate surface area is 426 Å². The van der Waals surface area contributed by atoms with Gasteiger partial charge in [0, 0.05) is 95.1 Å². The molecule has 0 N–H and O–H groups in total. The van der Waals surface area contributed by atoms with Gasteiger partial charge in [0.2, 0.25) is 37.2 Å². The van der Waals surface area contributed by atoms with Crippen LogP contribution in [-0.2, 0) is 0 Å². The molecule has 0 saturated carbocycles. The second-order valence-corrected chi connectivity index (χ2v) is 24.8. The molecule has 6 aliphatic heterocycles. The van der Waals surface area contributed by atoms with Crippen LogP contribution in [-0.4, -0.2) is 20.1 Å². The van der Waals surface area contributed by atoms with Crippen LogP contribution in [0.4, 0.5) is 0 Å². The van der Waals surface area contributed by atoms with Crippen molar-refractivity contribution in [1.29, 1.82) is 0 Å². The molecule has 0 spiro atoms. The van der Waals surface area contributed by atoms with Gasteiger partial charge in [0.15, 0.2) is 0 Å². The van der Waals surface area contributed by atoms with Gasteiger partial charge < -0.3 is 0 Å². The van der Waals surface area contributed by atoms with Crippen LogP contribution in [0.3, 0.4) is 0 Å². The van der Waals surface area contributed by atoms with Crippen molar-refractivity contribution in [2.24, 2.45) is 0 Å². The summed E-state index contributed by atoms with van der Waals surface area (Å²) in [6.45, 7) is 0.632. The van der Waals surface area contributed by atoms with Crippen molar-refractivity contribution in [3.05, 3.63) is 201 Å². The first-order valence-corrected chi connectivity index (χ1v) is 28.1. The van der Waals surface area contributed by atoms with E-state index in [9.17, 15) is 0 Å². The molecular weight excluding hydrogens is 951 g/mol. The Kier molecular flexibility index (Phi) is 8.94. The SMILES string of the molecule is c1ccc2c(c1)Sc1cccc3c1B2c1ccc(-[n+]2c[n+](-c4ccc5c(c4)Sc4cccc6c4B5c4ccccc4S6)c[n+](-c4ccc5c(c4)Sc4cccc6c4B5c4ccccc4S6)c2)cc1S3. The minimum atomic E-state index is 0.211. The summed E-state index contributed by atoms with van der Waals surface area (Å²) in [6.07, 6.45) is 6.79. The van der Waals surface area contributed by atoms with Gasteiger partial charge in [0.1, 0.15) is 0 Å². The zero-order chi connectivity index (χ0) is 44.9. The summed E-state index contributed by atoms with van der Waals surface area (Å²) in [5.74, 6) is 0. The van der Waals surface area contributed by atoms with Crippen LogP contribution >= 0.6 is 70.6 Å². The van der Waals surface area contributed by atoms with Crippen LogP contribution in [0, 0.1) is 0 Å². The molecule has 16 rings (SSSR count). The molecule has 318 valence electrons. The second kappa shape index (κ2) is 15.4. The fourth-order valence-electron chi connectivity index (χ4n) is 11.5. The minimum absolute atomic E-state index is 0.211. The van der Waals surface area contributed by atoms with Crippen molar-refractivity contribution < 1.29 is 13.7 Å². The van der Waals surface area contributed by atoms with E-state index in [1.165, 1.54) is 108 Å². The highest BCUT2D eigenvalue weighted by Crippen LogP contribution is 2.41. The lowest BCUT2D eigenvalue weighted by Crippen LogP contribution is -2.59. The van der Waals surface area contributed by atoms with Crippen molar-refractivity contribution in [3.63, 3.8) is 0 Å². The first-order chi connectivity index (χ1) is 34.1. The van der Waals surface area contributed by atoms with E-state index in [-0.39, 0.29) is 20.1 Å². The lowest BCUT2D eigenvalue weighted by atomic mass is 9.36. The highest BCUT2D eigenvalue weighted by Gasteiger charge is 2.42. The van der Waals surface area contributed by atoms with Crippen LogP contribution in [0.1, 0.15) is 0 Å². The molecule has 12 heteroatoms. The van der Waals surface area contributed by atoms with E-state index in [0.717, 1.165) is 17.1 Å². The van der Waals surface area contributed by atoms with Crippen molar-refractivity contribution in [1.82, 2.24) is 0 Å². The Morgan fingerprint density at radius 1 is 0.232 bits per heavy atom. The summed E-state index contributed by atoms with van der Waals surface area (Å²) in [5.41, 5.74) is 16.1. The quantitative estimate of drug-likeness (QED) is 0.141. The molecule has 10 aromatic rings. The molecule has 3 nitrogen and oxygen atoms in total. The van der Waals surface area contributed by atoms with E-state index < -0.39 is 0 Å². The molecule has 9 aromatic carbocycles. The molecule has 69 heavy (non-hydrogen) atoms. The highest BCUT2D eigenvalue weighted by atomic mass is 32.2. The van der Waals surface area contributed by atoms with E-state index in [1.807, 2.05) is 70.6 Å². The smallest absolute Gasteiger partial charge is 0.0911 e. The summed E-state index contributed by atoms with van der Waals surface area (Å²) >= 11 is 11.5. The fourth-order valence-corrected chi connectivity index (χ4v) is 18.8. The number of aromatic nitrogens is 3. The van der Waals surface area contributed by atoms with E-state index in [2.05, 4.69) is 215 Å². The lowest BCUT2D eigenvalue weighted by molar-refractivity contribution is -0.858. The topological polar surface area (TPSA) is 11.6 Å². The summed E-state index contributed by atoms with van der Waals surface area (Å²) in [6, 6.07) is 68.9. The number of nitrogens with zero attached hydrogens (tertiary/aromatic N) is 3. The number of hydrogen-bond donors (Lipinski definition) is 0. The number of benzene rings is 9. The Hall–Kier alpha value is -5.72. The largest absolute Gasteiger partial charge is 0.428 e. The van der Waals surface area contributed by atoms with E-state index in [1.54, 1.807) is 0 Å². The number of fused-ring (bicyclic) bond motifs is 12. The third-order valence-electron chi connectivity index (χ3n) is 14.5. The van der Waals surface area contributed by atoms with Gasteiger partial charge in [-0.25, -0.2) is 0 Å². The monoisotopic (exact) mass is 984 g/mol. The molecule has 0 atom stereocenters. The van der Waals surface area contributed by atoms with Crippen molar-refractivity contribution in [3.8, 4) is 17.1 Å². The Bertz CT molecular complexity index is 3530. The van der Waals surface area contributed by atoms with Crippen molar-refractivity contribution >= 4 is 140 Å². The Morgan fingerprint density at radius 3 is 0.783 bits per heavy atom. The molecule has 0 bridgehead atoms. The van der Waals surface area contributed by atoms with E-state index >= 15 is 0 Å². The van der Waals surface area contributed by atoms with Gasteiger partial charge >= 0.3 is 19.0 Å². The first-order valence-electron chi connectivity index (χ1n) is 23.2. The van der Waals surface area contributed by atoms with Gasteiger partial charge in [-0.2, -0.15) is 0 Å². The molecular formula is C57H33B3N3S6+3. The standard InChI is InChI=1S/C57H33B3N3S6/c1-4-13-43-37(10-1)58-40-25-22-34(28-52(40)67-49-19-7-16-46(64-43)55(49)58)61-31-62(35-23-26-41-53(29-35)68-50-20-8-17-47-56(50)59(41)38-11-2-5-14-44(38)65-47)33-63(32-61)36-24-27-42-54(30-36)69-51-21-9-18-48-57(51)60(42)39-12-3-6-15-45(39)66-48/h1-33H/q+3. The average Bonchev–Trinajstić information content (AvgIpc) is 3.40. The number of rotatable bonds is 3. The van der Waals surface area contributed by atoms with Gasteiger partial charge in [-0.3, -0.25) is 0 Å². The van der Waals surface area contributed by atoms with Crippen LogP contribution in [0.15, 0.2) is 260 Å². The second-order valence-electron chi connectivity index (χ2n) is 18.3. The first kappa shape index (κ1) is 40.1. The molecule has 0 aliphatic carbocycles. The molecule has 0 amide bonds. The van der Waals surface area contributed by atoms with E-state index in [4.69, 9.17) is 0 Å². The summed E-state index contributed by atoms with van der Waals surface area (Å²) in [7, 11) is 0. The van der Waals surface area contributed by atoms with Crippen molar-refractivity contribution in [2.75, 3.05) is 0 Å². The zero-order valence-corrected chi connectivity index (χ0v) is 41.5. The van der Waals surface area contributed by atoms with E-state index in [0.29, 0.717) is 0 Å². The van der Waals surface area contributed by atoms with Gasteiger partial charge in [-0.1, -0.05) is 208 Å². The predicted molar refractivity (Wildman–Crippen MR) is 288 cm³/mol. The minimum Gasteiger partial charge on any atom is -0.0911 e. The van der Waals surface area contributed by atoms with Crippen molar-refractivity contribution in [2.45, 2.75) is 58.7 Å². The summed E-state index contributed by atoms with van der Waals surface area (Å²) in [5, 5.41) is 0. The maximum atomic E-state index is 2.42. The predicted octanol–water partition coefficient (Wildman–Crippen LogP) is 6.85. The van der Waals surface area contributed by atoms with Crippen LogP contribution in [0.5, 0.6) is 0 Å². The van der Waals surface area contributed by atoms with Gasteiger partial charge in [0.25, 0.3) is 0 Å². The van der Waals surface area contributed by atoms with Crippen LogP contribution in [0.2, 0.25) is 0 Å². The fraction of sp³-hybridized carbons (Fsp3) is 0. The zero-order valence-electron chi connectivity index (χ0n) is 36.6. The molecule has 0 unspecified atom stereocenters. The van der Waals surface area contributed by atoms with Crippen LogP contribution in [0.25, 0.3) is 17.1 Å². The molecule has 1 aromatic heterocycles. The Morgan fingerprint density at radius 2 is 0.478 bits per heavy atom. The van der Waals surface area contributed by atoms with Gasteiger partial charge in [-0.15, -0.1) is 0 Å². The maximum absolute atomic E-state index is 2.42. The average molecular weight is 985 g/mol. The lowest BCUT2D eigenvalue weighted by Gasteiger charge is -2.32. The number of hydrogen-bond acceptors (Lipinski definition) is 6. The maximum Gasteiger partial charge on any atom is 0.428 e. The normalized spacial score (nSPS) is 14.5. The highest BCUT2D eigenvalue weighted by molar-refractivity contribution is 8.02. The summed E-state index contributed by atoms with van der Waals surface area (Å²) in [4.78, 5) is 16.2. The summed E-state index contributed by atoms with van der Waals surface area (Å²) < 4.78 is 6.97.